The molecule has 0 spiro atoms. The maximum absolute atomic E-state index is 11.4. The zero-order chi connectivity index (χ0) is 8.55. The Morgan fingerprint density at radius 2 is 2.33 bits per heavy atom. The van der Waals surface area contributed by atoms with Crippen molar-refractivity contribution < 1.29 is 9.53 Å². The minimum Gasteiger partial charge on any atom is -0.497 e. The third-order valence-electron chi connectivity index (χ3n) is 2.58. The minimum absolute atomic E-state index is 0.126. The van der Waals surface area contributed by atoms with Crippen molar-refractivity contribution in [2.45, 2.75) is 30.2 Å². The molecule has 1 fully saturated rings. The van der Waals surface area contributed by atoms with Gasteiger partial charge in [0.2, 0.25) is 0 Å². The summed E-state index contributed by atoms with van der Waals surface area (Å²) in [6.07, 6.45) is 6.22. The maximum Gasteiger partial charge on any atom is 0.165 e. The minimum atomic E-state index is 0.126. The van der Waals surface area contributed by atoms with Crippen LogP contribution in [0.1, 0.15) is 19.3 Å². The fraction of sp³-hybridized carbons (Fsp3) is 0.667. The lowest BCUT2D eigenvalue weighted by Gasteiger charge is -2.33. The van der Waals surface area contributed by atoms with Gasteiger partial charge < -0.3 is 4.74 Å². The average molecular weight is 231 g/mol. The number of ketones is 1. The smallest absolute Gasteiger partial charge is 0.165 e. The van der Waals surface area contributed by atoms with E-state index in [1.54, 1.807) is 6.08 Å². The lowest BCUT2D eigenvalue weighted by Crippen LogP contribution is -2.37. The lowest BCUT2D eigenvalue weighted by molar-refractivity contribution is -0.125. The van der Waals surface area contributed by atoms with Crippen LogP contribution < -0.4 is 0 Å². The summed E-state index contributed by atoms with van der Waals surface area (Å²) in [5, 5.41) is 0. The van der Waals surface area contributed by atoms with Crippen molar-refractivity contribution in [1.29, 1.82) is 0 Å². The first-order chi connectivity index (χ1) is 5.77. The molecule has 3 heteroatoms. The Labute approximate surface area is 80.1 Å². The molecule has 0 bridgehead atoms. The Bertz CT molecular complexity index is 225. The van der Waals surface area contributed by atoms with Gasteiger partial charge in [0.1, 0.15) is 6.10 Å². The lowest BCUT2D eigenvalue weighted by atomic mass is 9.82. The van der Waals surface area contributed by atoms with Gasteiger partial charge in [0.05, 0.1) is 12.2 Å². The highest BCUT2D eigenvalue weighted by Gasteiger charge is 2.35. The summed E-state index contributed by atoms with van der Waals surface area (Å²) in [6.45, 7) is 0. The third kappa shape index (κ3) is 1.42. The van der Waals surface area contributed by atoms with E-state index in [9.17, 15) is 4.79 Å². The number of halogens is 1. The summed E-state index contributed by atoms with van der Waals surface area (Å²) in [4.78, 5) is 11.9. The zero-order valence-corrected chi connectivity index (χ0v) is 8.29. The Hall–Kier alpha value is -0.310. The monoisotopic (exact) mass is 230 g/mol. The van der Waals surface area contributed by atoms with Crippen LogP contribution in [0.3, 0.4) is 0 Å². The van der Waals surface area contributed by atoms with Crippen molar-refractivity contribution in [2.75, 3.05) is 0 Å². The third-order valence-corrected chi connectivity index (χ3v) is 3.41. The fourth-order valence-corrected chi connectivity index (χ4v) is 2.52. The van der Waals surface area contributed by atoms with Crippen LogP contribution in [0, 0.1) is 5.92 Å². The number of carbonyl (C=O) groups is 1. The number of ether oxygens (including phenoxy) is 1. The predicted octanol–water partition coefficient (Wildman–Crippen LogP) is 2.03. The molecule has 3 unspecified atom stereocenters. The van der Waals surface area contributed by atoms with Gasteiger partial charge in [-0.05, 0) is 19.3 Å². The van der Waals surface area contributed by atoms with Gasteiger partial charge in [0.25, 0.3) is 0 Å². The van der Waals surface area contributed by atoms with Crippen LogP contribution in [0.4, 0.5) is 0 Å². The Morgan fingerprint density at radius 3 is 3.17 bits per heavy atom. The highest BCUT2D eigenvalue weighted by atomic mass is 79.9. The highest BCUT2D eigenvalue weighted by molar-refractivity contribution is 9.09. The number of alkyl halides is 1. The fourth-order valence-electron chi connectivity index (χ4n) is 1.89. The van der Waals surface area contributed by atoms with Crippen molar-refractivity contribution in [2.24, 2.45) is 5.92 Å². The first-order valence-corrected chi connectivity index (χ1v) is 5.19. The molecule has 0 saturated heterocycles. The van der Waals surface area contributed by atoms with Gasteiger partial charge in [-0.2, -0.15) is 0 Å². The van der Waals surface area contributed by atoms with E-state index in [4.69, 9.17) is 4.74 Å². The van der Waals surface area contributed by atoms with E-state index in [2.05, 4.69) is 15.9 Å². The Balaban J connectivity index is 2.11. The summed E-state index contributed by atoms with van der Waals surface area (Å²) >= 11 is 3.55. The maximum atomic E-state index is 11.4. The van der Waals surface area contributed by atoms with E-state index < -0.39 is 0 Å². The number of carbonyl (C=O) groups excluding carboxylic acids is 1. The molecule has 3 atom stereocenters. The number of hydrogen-bond donors (Lipinski definition) is 0. The number of hydrogen-bond acceptors (Lipinski definition) is 2. The summed E-state index contributed by atoms with van der Waals surface area (Å²) in [5.41, 5.74) is 0. The molecule has 1 saturated carbocycles. The van der Waals surface area contributed by atoms with Gasteiger partial charge in [-0.3, -0.25) is 4.79 Å². The quantitative estimate of drug-likeness (QED) is 0.596. The Morgan fingerprint density at radius 1 is 1.50 bits per heavy atom. The van der Waals surface area contributed by atoms with Gasteiger partial charge in [-0.25, -0.2) is 0 Å². The first kappa shape index (κ1) is 8.30. The van der Waals surface area contributed by atoms with E-state index >= 15 is 0 Å². The van der Waals surface area contributed by atoms with Crippen LogP contribution >= 0.6 is 15.9 Å². The second-order valence-corrected chi connectivity index (χ2v) is 4.69. The van der Waals surface area contributed by atoms with Crippen LogP contribution in [0.5, 0.6) is 0 Å². The molecule has 12 heavy (non-hydrogen) atoms. The van der Waals surface area contributed by atoms with Crippen LogP contribution in [-0.2, 0) is 9.53 Å². The molecule has 2 rings (SSSR count). The van der Waals surface area contributed by atoms with Gasteiger partial charge in [-0.1, -0.05) is 15.9 Å². The summed E-state index contributed by atoms with van der Waals surface area (Å²) < 4.78 is 5.39. The summed E-state index contributed by atoms with van der Waals surface area (Å²) in [7, 11) is 0. The van der Waals surface area contributed by atoms with Crippen LogP contribution in [0.15, 0.2) is 12.3 Å². The molecular formula is C9H11BrO2. The molecule has 0 aromatic carbocycles. The molecule has 0 aromatic rings. The van der Waals surface area contributed by atoms with E-state index in [0.29, 0.717) is 4.83 Å². The molecule has 2 nitrogen and oxygen atoms in total. The van der Waals surface area contributed by atoms with Crippen molar-refractivity contribution >= 4 is 21.7 Å². The summed E-state index contributed by atoms with van der Waals surface area (Å²) in [5.74, 6) is 0.370. The molecule has 1 aliphatic heterocycles. The standard InChI is InChI=1S/C9H11BrO2/c10-6-1-2-7-8(11)3-4-12-9(7)5-6/h3-4,6-7,9H,1-2,5H2. The molecule has 1 aliphatic carbocycles. The van der Waals surface area contributed by atoms with Crippen molar-refractivity contribution in [3.63, 3.8) is 0 Å². The van der Waals surface area contributed by atoms with E-state index in [-0.39, 0.29) is 17.8 Å². The molecule has 0 aromatic heterocycles. The predicted molar refractivity (Wildman–Crippen MR) is 49.1 cm³/mol. The second-order valence-electron chi connectivity index (χ2n) is 3.40. The molecule has 0 radical (unpaired) electrons. The molecule has 0 amide bonds. The highest BCUT2D eigenvalue weighted by Crippen LogP contribution is 2.33. The zero-order valence-electron chi connectivity index (χ0n) is 6.70. The number of allylic oxidation sites excluding steroid dienone is 1. The molecule has 66 valence electrons. The Kier molecular flexibility index (Phi) is 2.22. The van der Waals surface area contributed by atoms with Gasteiger partial charge >= 0.3 is 0 Å². The second kappa shape index (κ2) is 3.21. The van der Waals surface area contributed by atoms with Crippen molar-refractivity contribution in [1.82, 2.24) is 0 Å². The van der Waals surface area contributed by atoms with E-state index in [0.717, 1.165) is 19.3 Å². The van der Waals surface area contributed by atoms with E-state index in [1.165, 1.54) is 6.26 Å². The van der Waals surface area contributed by atoms with Crippen molar-refractivity contribution in [3.05, 3.63) is 12.3 Å². The molecule has 2 aliphatic rings. The molecule has 0 N–H and O–H groups in total. The van der Waals surface area contributed by atoms with Gasteiger partial charge in [0, 0.05) is 10.9 Å². The topological polar surface area (TPSA) is 26.3 Å². The van der Waals surface area contributed by atoms with Crippen molar-refractivity contribution in [3.8, 4) is 0 Å². The summed E-state index contributed by atoms with van der Waals surface area (Å²) in [6, 6.07) is 0. The van der Waals surface area contributed by atoms with Crippen LogP contribution in [-0.4, -0.2) is 16.7 Å². The van der Waals surface area contributed by atoms with E-state index in [1.807, 2.05) is 0 Å². The molecule has 1 heterocycles. The SMILES string of the molecule is O=C1C=COC2CC(Br)CCC12. The molecular weight excluding hydrogens is 220 g/mol. The number of rotatable bonds is 0. The largest absolute Gasteiger partial charge is 0.497 e. The van der Waals surface area contributed by atoms with Crippen LogP contribution in [0.25, 0.3) is 0 Å². The normalized spacial score (nSPS) is 40.4. The van der Waals surface area contributed by atoms with Gasteiger partial charge in [-0.15, -0.1) is 0 Å². The van der Waals surface area contributed by atoms with Crippen LogP contribution in [0.2, 0.25) is 0 Å². The average Bonchev–Trinajstić information content (AvgIpc) is 2.04. The first-order valence-electron chi connectivity index (χ1n) is 4.27. The number of fused-ring (bicyclic) bond motifs is 1. The van der Waals surface area contributed by atoms with Gasteiger partial charge in [0.15, 0.2) is 5.78 Å².